The molecule has 0 aliphatic carbocycles. The Labute approximate surface area is 165 Å². The Morgan fingerprint density at radius 1 is 1.35 bits per heavy atom. The molecule has 3 rings (SSSR count). The van der Waals surface area contributed by atoms with Gasteiger partial charge in [-0.3, -0.25) is 9.78 Å². The van der Waals surface area contributed by atoms with Gasteiger partial charge in [-0.1, -0.05) is 11.6 Å². The lowest BCUT2D eigenvalue weighted by Crippen LogP contribution is -2.27. The number of hydrogen-bond acceptors (Lipinski definition) is 4. The van der Waals surface area contributed by atoms with Gasteiger partial charge >= 0.3 is 0 Å². The lowest BCUT2D eigenvalue weighted by molar-refractivity contribution is 0.102. The zero-order valence-electron chi connectivity index (χ0n) is 15.1. The minimum absolute atomic E-state index is 0. The first-order valence-electron chi connectivity index (χ1n) is 8.36. The van der Waals surface area contributed by atoms with Gasteiger partial charge in [-0.05, 0) is 50.7 Å². The van der Waals surface area contributed by atoms with Crippen molar-refractivity contribution in [3.63, 3.8) is 0 Å². The van der Waals surface area contributed by atoms with Gasteiger partial charge in [0.15, 0.2) is 0 Å². The third kappa shape index (κ3) is 4.87. The Kier molecular flexibility index (Phi) is 6.87. The monoisotopic (exact) mass is 395 g/mol. The third-order valence-electron chi connectivity index (χ3n) is 4.05. The fraction of sp³-hybridized carbons (Fsp3) is 0.368. The van der Waals surface area contributed by atoms with Gasteiger partial charge in [-0.15, -0.1) is 12.4 Å². The van der Waals surface area contributed by atoms with Gasteiger partial charge in [0, 0.05) is 30.8 Å². The van der Waals surface area contributed by atoms with Crippen molar-refractivity contribution in [2.24, 2.45) is 0 Å². The molecule has 1 N–H and O–H groups in total. The van der Waals surface area contributed by atoms with Crippen LogP contribution in [0.2, 0.25) is 5.02 Å². The number of carbonyl (C=O) groups is 1. The minimum Gasteiger partial charge on any atom is -0.489 e. The SMILES string of the molecule is CC(C)Oc1ccc(C(=O)Nc2cnc3c(c2)CN(C)CC3)cc1Cl.Cl. The minimum atomic E-state index is -0.219. The highest BCUT2D eigenvalue weighted by Gasteiger charge is 2.16. The lowest BCUT2D eigenvalue weighted by Gasteiger charge is -2.24. The van der Waals surface area contributed by atoms with Gasteiger partial charge in [0.05, 0.1) is 23.0 Å². The van der Waals surface area contributed by atoms with Gasteiger partial charge in [0.2, 0.25) is 0 Å². The van der Waals surface area contributed by atoms with Crippen molar-refractivity contribution < 1.29 is 9.53 Å². The van der Waals surface area contributed by atoms with Crippen molar-refractivity contribution in [1.29, 1.82) is 0 Å². The van der Waals surface area contributed by atoms with Gasteiger partial charge in [-0.2, -0.15) is 0 Å². The van der Waals surface area contributed by atoms with Gasteiger partial charge in [0.25, 0.3) is 5.91 Å². The number of ether oxygens (including phenoxy) is 1. The summed E-state index contributed by atoms with van der Waals surface area (Å²) in [4.78, 5) is 19.2. The Bertz CT molecular complexity index is 796. The predicted octanol–water partition coefficient (Wildman–Crippen LogP) is 4.18. The predicted molar refractivity (Wildman–Crippen MR) is 107 cm³/mol. The number of fused-ring (bicyclic) bond motifs is 1. The highest BCUT2D eigenvalue weighted by molar-refractivity contribution is 6.32. The number of anilines is 1. The van der Waals surface area contributed by atoms with Crippen molar-refractivity contribution in [1.82, 2.24) is 9.88 Å². The molecule has 7 heteroatoms. The molecule has 0 atom stereocenters. The molecule has 0 saturated carbocycles. The standard InChI is InChI=1S/C19H22ClN3O2.ClH/c1-12(2)25-18-5-4-13(9-16(18)20)19(24)22-15-8-14-11-23(3)7-6-17(14)21-10-15;/h4-5,8-10,12H,6-7,11H2,1-3H3,(H,22,24);1H. The van der Waals surface area contributed by atoms with Crippen LogP contribution >= 0.6 is 24.0 Å². The molecule has 1 aromatic heterocycles. The van der Waals surface area contributed by atoms with Gasteiger partial charge in [0.1, 0.15) is 5.75 Å². The summed E-state index contributed by atoms with van der Waals surface area (Å²) in [5.41, 5.74) is 3.44. The van der Waals surface area contributed by atoms with Gasteiger partial charge < -0.3 is 15.0 Å². The third-order valence-corrected chi connectivity index (χ3v) is 4.34. The van der Waals surface area contributed by atoms with Crippen molar-refractivity contribution in [2.45, 2.75) is 32.9 Å². The van der Waals surface area contributed by atoms with Crippen molar-refractivity contribution in [2.75, 3.05) is 18.9 Å². The molecule has 1 aliphatic heterocycles. The average Bonchev–Trinajstić information content (AvgIpc) is 2.56. The fourth-order valence-corrected chi connectivity index (χ4v) is 3.06. The van der Waals surface area contributed by atoms with E-state index in [4.69, 9.17) is 16.3 Å². The second-order valence-corrected chi connectivity index (χ2v) is 6.99. The van der Waals surface area contributed by atoms with E-state index in [1.54, 1.807) is 24.4 Å². The lowest BCUT2D eigenvalue weighted by atomic mass is 10.1. The molecule has 1 aliphatic rings. The zero-order chi connectivity index (χ0) is 18.0. The number of hydrogen-bond donors (Lipinski definition) is 1. The summed E-state index contributed by atoms with van der Waals surface area (Å²) in [7, 11) is 2.08. The largest absolute Gasteiger partial charge is 0.489 e. The van der Waals surface area contributed by atoms with E-state index in [1.807, 2.05) is 19.9 Å². The van der Waals surface area contributed by atoms with Crippen LogP contribution in [0.5, 0.6) is 5.75 Å². The molecule has 2 aromatic rings. The molecule has 140 valence electrons. The van der Waals surface area contributed by atoms with Crippen LogP contribution in [0.1, 0.15) is 35.5 Å². The molecule has 0 spiro atoms. The highest BCUT2D eigenvalue weighted by Crippen LogP contribution is 2.27. The van der Waals surface area contributed by atoms with E-state index in [0.717, 1.165) is 30.8 Å². The first-order valence-corrected chi connectivity index (χ1v) is 8.74. The second-order valence-electron chi connectivity index (χ2n) is 6.58. The number of nitrogens with zero attached hydrogens (tertiary/aromatic N) is 2. The normalized spacial score (nSPS) is 13.7. The number of rotatable bonds is 4. The first kappa shape index (κ1) is 20.5. The summed E-state index contributed by atoms with van der Waals surface area (Å²) < 4.78 is 5.59. The van der Waals surface area contributed by atoms with E-state index in [1.165, 1.54) is 0 Å². The zero-order valence-corrected chi connectivity index (χ0v) is 16.7. The summed E-state index contributed by atoms with van der Waals surface area (Å²) in [5.74, 6) is 0.357. The number of carbonyl (C=O) groups excluding carboxylic acids is 1. The van der Waals surface area contributed by atoms with Crippen molar-refractivity contribution in [3.05, 3.63) is 52.3 Å². The van der Waals surface area contributed by atoms with Crippen LogP contribution in [0.3, 0.4) is 0 Å². The Morgan fingerprint density at radius 2 is 2.12 bits per heavy atom. The maximum absolute atomic E-state index is 12.5. The van der Waals surface area contributed by atoms with Crippen molar-refractivity contribution in [3.8, 4) is 5.75 Å². The van der Waals surface area contributed by atoms with E-state index < -0.39 is 0 Å². The quantitative estimate of drug-likeness (QED) is 0.842. The average molecular weight is 396 g/mol. The maximum atomic E-state index is 12.5. The van der Waals surface area contributed by atoms with Crippen LogP contribution in [0.4, 0.5) is 5.69 Å². The van der Waals surface area contributed by atoms with Crippen LogP contribution in [0.15, 0.2) is 30.5 Å². The van der Waals surface area contributed by atoms with Crippen molar-refractivity contribution >= 4 is 35.6 Å². The number of halogens is 2. The molecule has 1 aromatic carbocycles. The molecular weight excluding hydrogens is 373 g/mol. The second kappa shape index (κ2) is 8.71. The molecule has 0 radical (unpaired) electrons. The smallest absolute Gasteiger partial charge is 0.255 e. The topological polar surface area (TPSA) is 54.5 Å². The molecule has 0 fully saturated rings. The van der Waals surface area contributed by atoms with Gasteiger partial charge in [-0.25, -0.2) is 0 Å². The summed E-state index contributed by atoms with van der Waals surface area (Å²) >= 11 is 6.21. The van der Waals surface area contributed by atoms with Crippen LogP contribution in [0, 0.1) is 0 Å². The molecule has 0 bridgehead atoms. The molecule has 0 unspecified atom stereocenters. The van der Waals surface area contributed by atoms with E-state index in [-0.39, 0.29) is 24.4 Å². The summed E-state index contributed by atoms with van der Waals surface area (Å²) in [6.07, 6.45) is 2.67. The van der Waals surface area contributed by atoms with Crippen LogP contribution in [-0.2, 0) is 13.0 Å². The molecule has 2 heterocycles. The van der Waals surface area contributed by atoms with E-state index >= 15 is 0 Å². The maximum Gasteiger partial charge on any atom is 0.255 e. The first-order chi connectivity index (χ1) is 11.9. The number of amides is 1. The highest BCUT2D eigenvalue weighted by atomic mass is 35.5. The van der Waals surface area contributed by atoms with Crippen LogP contribution < -0.4 is 10.1 Å². The van der Waals surface area contributed by atoms with E-state index in [9.17, 15) is 4.79 Å². The van der Waals surface area contributed by atoms with Crippen LogP contribution in [0.25, 0.3) is 0 Å². The number of aromatic nitrogens is 1. The molecule has 0 saturated heterocycles. The Hall–Kier alpha value is -1.82. The summed E-state index contributed by atoms with van der Waals surface area (Å²) in [5, 5.41) is 3.31. The van der Waals surface area contributed by atoms with Crippen LogP contribution in [-0.4, -0.2) is 35.5 Å². The molecule has 26 heavy (non-hydrogen) atoms. The Balaban J connectivity index is 0.00000243. The fourth-order valence-electron chi connectivity index (χ4n) is 2.83. The summed E-state index contributed by atoms with van der Waals surface area (Å²) in [6, 6.07) is 7.04. The summed E-state index contributed by atoms with van der Waals surface area (Å²) in [6.45, 7) is 5.71. The number of pyridine rings is 1. The molecular formula is C19H23Cl2N3O2. The number of nitrogens with one attached hydrogen (secondary N) is 1. The molecule has 5 nitrogen and oxygen atoms in total. The van der Waals surface area contributed by atoms with E-state index in [2.05, 4.69) is 22.2 Å². The number of benzene rings is 1. The molecule has 1 amide bonds. The Morgan fingerprint density at radius 3 is 2.81 bits per heavy atom. The van der Waals surface area contributed by atoms with E-state index in [0.29, 0.717) is 22.0 Å². The number of likely N-dealkylation sites (N-methyl/N-ethyl adjacent to an activating group) is 1.